The van der Waals surface area contributed by atoms with Crippen LogP contribution in [0, 0.1) is 0 Å². The van der Waals surface area contributed by atoms with Gasteiger partial charge in [0, 0.05) is 24.1 Å². The van der Waals surface area contributed by atoms with E-state index in [2.05, 4.69) is 64.1 Å². The van der Waals surface area contributed by atoms with Crippen LogP contribution in [-0.2, 0) is 0 Å². The monoisotopic (exact) mass is 268 g/mol. The summed E-state index contributed by atoms with van der Waals surface area (Å²) in [4.78, 5) is 4.77. The third-order valence-corrected chi connectivity index (χ3v) is 3.82. The number of likely N-dealkylation sites (tertiary alicyclic amines) is 1. The highest BCUT2D eigenvalue weighted by Crippen LogP contribution is 2.28. The maximum atomic E-state index is 3.60. The van der Waals surface area contributed by atoms with E-state index < -0.39 is 0 Å². The molecule has 1 unspecified atom stereocenters. The van der Waals surface area contributed by atoms with Gasteiger partial charge in [-0.05, 0) is 48.1 Å². The minimum absolute atomic E-state index is 0.647. The Morgan fingerprint density at radius 3 is 2.73 bits per heavy atom. The molecule has 1 aromatic carbocycles. The van der Waals surface area contributed by atoms with Crippen LogP contribution in [0.5, 0.6) is 0 Å². The number of hydrogen-bond acceptors (Lipinski definition) is 2. The Labute approximate surface area is 100 Å². The maximum absolute atomic E-state index is 3.60. The quantitative estimate of drug-likeness (QED) is 0.814. The summed E-state index contributed by atoms with van der Waals surface area (Å²) in [6.07, 6.45) is 1.26. The lowest BCUT2D eigenvalue weighted by molar-refractivity contribution is 0.409. The van der Waals surface area contributed by atoms with Gasteiger partial charge in [0.2, 0.25) is 0 Å². The van der Waals surface area contributed by atoms with Gasteiger partial charge < -0.3 is 9.80 Å². The van der Waals surface area contributed by atoms with Crippen molar-refractivity contribution >= 4 is 21.6 Å². The van der Waals surface area contributed by atoms with Crippen LogP contribution in [0.4, 0.5) is 5.69 Å². The summed E-state index contributed by atoms with van der Waals surface area (Å²) in [6.45, 7) is 2.37. The van der Waals surface area contributed by atoms with Crippen molar-refractivity contribution < 1.29 is 0 Å². The minimum Gasteiger partial charge on any atom is -0.369 e. The second-order valence-corrected chi connectivity index (χ2v) is 5.12. The molecule has 3 heteroatoms. The summed E-state index contributed by atoms with van der Waals surface area (Å²) in [5, 5.41) is 0. The van der Waals surface area contributed by atoms with Crippen molar-refractivity contribution in [2.45, 2.75) is 12.5 Å². The number of anilines is 1. The Bertz CT molecular complexity index is 340. The Kier molecular flexibility index (Phi) is 3.32. The first-order valence-electron chi connectivity index (χ1n) is 5.34. The van der Waals surface area contributed by atoms with Crippen molar-refractivity contribution in [3.05, 3.63) is 28.7 Å². The molecule has 2 rings (SSSR count). The average Bonchev–Trinajstić information content (AvgIpc) is 2.65. The lowest BCUT2D eigenvalue weighted by Gasteiger charge is -2.27. The molecule has 0 radical (unpaired) electrons. The molecule has 1 heterocycles. The third kappa shape index (κ3) is 2.34. The van der Waals surface area contributed by atoms with E-state index in [0.29, 0.717) is 6.04 Å². The Morgan fingerprint density at radius 1 is 1.40 bits per heavy atom. The lowest BCUT2D eigenvalue weighted by atomic mass is 10.2. The molecule has 0 aliphatic carbocycles. The molecule has 2 nitrogen and oxygen atoms in total. The first-order valence-corrected chi connectivity index (χ1v) is 6.13. The standard InChI is InChI=1S/C12H17BrN2/c1-14-8-7-10(9-14)15(2)12-6-4-3-5-11(12)13/h3-6,10H,7-9H2,1-2H3. The van der Waals surface area contributed by atoms with E-state index in [1.54, 1.807) is 0 Å². The molecule has 0 amide bonds. The number of halogens is 1. The summed E-state index contributed by atoms with van der Waals surface area (Å²) in [5.41, 5.74) is 1.29. The predicted molar refractivity (Wildman–Crippen MR) is 68.4 cm³/mol. The molecule has 1 fully saturated rings. The van der Waals surface area contributed by atoms with Gasteiger partial charge in [0.15, 0.2) is 0 Å². The van der Waals surface area contributed by atoms with Gasteiger partial charge in [-0.3, -0.25) is 0 Å². The molecule has 0 saturated carbocycles. The van der Waals surface area contributed by atoms with Crippen LogP contribution in [0.3, 0.4) is 0 Å². The number of hydrogen-bond donors (Lipinski definition) is 0. The summed E-state index contributed by atoms with van der Waals surface area (Å²) >= 11 is 3.60. The van der Waals surface area contributed by atoms with E-state index in [4.69, 9.17) is 0 Å². The molecule has 1 aromatic rings. The van der Waals surface area contributed by atoms with Crippen LogP contribution in [0.15, 0.2) is 28.7 Å². The van der Waals surface area contributed by atoms with Gasteiger partial charge in [-0.25, -0.2) is 0 Å². The van der Waals surface area contributed by atoms with E-state index in [1.165, 1.54) is 23.1 Å². The van der Waals surface area contributed by atoms with Crippen LogP contribution in [-0.4, -0.2) is 38.1 Å². The molecule has 1 saturated heterocycles. The Balaban J connectivity index is 2.14. The predicted octanol–water partition coefficient (Wildman–Crippen LogP) is 2.59. The lowest BCUT2D eigenvalue weighted by Crippen LogP contribution is -2.33. The van der Waals surface area contributed by atoms with E-state index >= 15 is 0 Å². The molecular weight excluding hydrogens is 252 g/mol. The molecule has 1 atom stereocenters. The molecule has 15 heavy (non-hydrogen) atoms. The van der Waals surface area contributed by atoms with Crippen molar-refractivity contribution in [3.63, 3.8) is 0 Å². The summed E-state index contributed by atoms with van der Waals surface area (Å²) in [7, 11) is 4.37. The fraction of sp³-hybridized carbons (Fsp3) is 0.500. The molecular formula is C12H17BrN2. The van der Waals surface area contributed by atoms with Crippen molar-refractivity contribution in [3.8, 4) is 0 Å². The fourth-order valence-electron chi connectivity index (χ4n) is 2.16. The van der Waals surface area contributed by atoms with Crippen LogP contribution in [0.25, 0.3) is 0 Å². The van der Waals surface area contributed by atoms with Crippen molar-refractivity contribution in [1.82, 2.24) is 4.90 Å². The first kappa shape index (κ1) is 11.0. The van der Waals surface area contributed by atoms with Crippen LogP contribution < -0.4 is 4.90 Å². The van der Waals surface area contributed by atoms with Crippen LogP contribution >= 0.6 is 15.9 Å². The fourth-order valence-corrected chi connectivity index (χ4v) is 2.73. The molecule has 0 bridgehead atoms. The first-order chi connectivity index (χ1) is 7.18. The Hall–Kier alpha value is -0.540. The van der Waals surface area contributed by atoms with Gasteiger partial charge in [-0.15, -0.1) is 0 Å². The molecule has 0 N–H and O–H groups in total. The summed E-state index contributed by atoms with van der Waals surface area (Å²) in [6, 6.07) is 9.07. The van der Waals surface area contributed by atoms with Gasteiger partial charge in [0.25, 0.3) is 0 Å². The minimum atomic E-state index is 0.647. The van der Waals surface area contributed by atoms with Gasteiger partial charge >= 0.3 is 0 Å². The summed E-state index contributed by atoms with van der Waals surface area (Å²) < 4.78 is 1.18. The molecule has 0 aromatic heterocycles. The molecule has 82 valence electrons. The zero-order valence-corrected chi connectivity index (χ0v) is 10.9. The van der Waals surface area contributed by atoms with Gasteiger partial charge in [0.1, 0.15) is 0 Å². The maximum Gasteiger partial charge on any atom is 0.0511 e. The van der Waals surface area contributed by atoms with Crippen LogP contribution in [0.2, 0.25) is 0 Å². The molecule has 0 spiro atoms. The van der Waals surface area contributed by atoms with Crippen molar-refractivity contribution in [2.75, 3.05) is 32.1 Å². The molecule has 1 aliphatic rings. The topological polar surface area (TPSA) is 6.48 Å². The number of nitrogens with zero attached hydrogens (tertiary/aromatic N) is 2. The highest BCUT2D eigenvalue weighted by molar-refractivity contribution is 9.10. The zero-order chi connectivity index (χ0) is 10.8. The third-order valence-electron chi connectivity index (χ3n) is 3.15. The van der Waals surface area contributed by atoms with Gasteiger partial charge in [0.05, 0.1) is 5.69 Å². The number of likely N-dealkylation sites (N-methyl/N-ethyl adjacent to an activating group) is 2. The number of benzene rings is 1. The zero-order valence-electron chi connectivity index (χ0n) is 9.28. The van der Waals surface area contributed by atoms with E-state index in [9.17, 15) is 0 Å². The second kappa shape index (κ2) is 4.54. The average molecular weight is 269 g/mol. The SMILES string of the molecule is CN1CCC(N(C)c2ccccc2Br)C1. The van der Waals surface area contributed by atoms with E-state index in [1.807, 2.05) is 0 Å². The highest BCUT2D eigenvalue weighted by Gasteiger charge is 2.24. The van der Waals surface area contributed by atoms with E-state index in [-0.39, 0.29) is 0 Å². The van der Waals surface area contributed by atoms with Gasteiger partial charge in [-0.2, -0.15) is 0 Å². The largest absolute Gasteiger partial charge is 0.369 e. The van der Waals surface area contributed by atoms with Crippen LogP contribution in [0.1, 0.15) is 6.42 Å². The number of para-hydroxylation sites is 1. The second-order valence-electron chi connectivity index (χ2n) is 4.27. The molecule has 1 aliphatic heterocycles. The Morgan fingerprint density at radius 2 is 2.13 bits per heavy atom. The summed E-state index contributed by atoms with van der Waals surface area (Å²) in [5.74, 6) is 0. The van der Waals surface area contributed by atoms with Gasteiger partial charge in [-0.1, -0.05) is 12.1 Å². The number of rotatable bonds is 2. The van der Waals surface area contributed by atoms with Crippen molar-refractivity contribution in [2.24, 2.45) is 0 Å². The smallest absolute Gasteiger partial charge is 0.0511 e. The van der Waals surface area contributed by atoms with E-state index in [0.717, 1.165) is 6.54 Å². The normalized spacial score (nSPS) is 21.9. The highest BCUT2D eigenvalue weighted by atomic mass is 79.9. The van der Waals surface area contributed by atoms with Crippen molar-refractivity contribution in [1.29, 1.82) is 0 Å².